The first-order chi connectivity index (χ1) is 9.69. The van der Waals surface area contributed by atoms with E-state index in [0.29, 0.717) is 24.3 Å². The Morgan fingerprint density at radius 3 is 3.05 bits per heavy atom. The van der Waals surface area contributed by atoms with Gasteiger partial charge in [-0.2, -0.15) is 0 Å². The monoisotopic (exact) mass is 273 g/mol. The molecule has 0 aliphatic carbocycles. The van der Waals surface area contributed by atoms with E-state index < -0.39 is 0 Å². The minimum absolute atomic E-state index is 0.0153. The van der Waals surface area contributed by atoms with E-state index in [1.165, 1.54) is 0 Å². The number of nitrogens with zero attached hydrogens (tertiary/aromatic N) is 1. The average molecular weight is 273 g/mol. The van der Waals surface area contributed by atoms with Gasteiger partial charge in [-0.25, -0.2) is 4.98 Å². The van der Waals surface area contributed by atoms with Crippen LogP contribution < -0.4 is 10.1 Å². The highest BCUT2D eigenvalue weighted by atomic mass is 16.5. The summed E-state index contributed by atoms with van der Waals surface area (Å²) in [6.07, 6.45) is 4.16. The number of carbonyl (C=O) groups excluding carboxylic acids is 1. The molecule has 1 aromatic heterocycles. The van der Waals surface area contributed by atoms with Crippen molar-refractivity contribution in [2.75, 3.05) is 6.61 Å². The second-order valence-electron chi connectivity index (χ2n) is 4.60. The molecule has 0 aliphatic rings. The Hall–Kier alpha value is -2.30. The minimum Gasteiger partial charge on any atom is -0.494 e. The van der Waals surface area contributed by atoms with Crippen molar-refractivity contribution in [3.05, 3.63) is 48.0 Å². The summed E-state index contributed by atoms with van der Waals surface area (Å²) in [7, 11) is 0. The van der Waals surface area contributed by atoms with Crippen molar-refractivity contribution in [3.8, 4) is 5.75 Å². The highest BCUT2D eigenvalue weighted by molar-refractivity contribution is 5.94. The van der Waals surface area contributed by atoms with E-state index in [0.717, 1.165) is 5.69 Å². The van der Waals surface area contributed by atoms with Crippen molar-refractivity contribution < 1.29 is 9.53 Å². The zero-order valence-electron chi connectivity index (χ0n) is 11.7. The number of amides is 1. The van der Waals surface area contributed by atoms with Gasteiger partial charge in [-0.3, -0.25) is 4.79 Å². The van der Waals surface area contributed by atoms with Crippen LogP contribution in [0.15, 0.2) is 36.8 Å². The fourth-order valence-corrected chi connectivity index (χ4v) is 1.97. The average Bonchev–Trinajstić information content (AvgIpc) is 2.92. The third-order valence-corrected chi connectivity index (χ3v) is 2.85. The van der Waals surface area contributed by atoms with Crippen LogP contribution in [-0.4, -0.2) is 28.5 Å². The Labute approximate surface area is 118 Å². The summed E-state index contributed by atoms with van der Waals surface area (Å²) in [6, 6.07) is 7.20. The van der Waals surface area contributed by atoms with Crippen LogP contribution in [-0.2, 0) is 6.42 Å². The van der Waals surface area contributed by atoms with Crippen LogP contribution in [0.2, 0.25) is 0 Å². The molecule has 1 atom stereocenters. The SMILES string of the molecule is CCOc1cccc(C(=O)N[C@@H](C)Cc2c[nH]cn2)c1. The summed E-state index contributed by atoms with van der Waals surface area (Å²) in [5.41, 5.74) is 1.53. The maximum absolute atomic E-state index is 12.1. The van der Waals surface area contributed by atoms with Gasteiger partial charge in [-0.05, 0) is 32.0 Å². The van der Waals surface area contributed by atoms with E-state index in [-0.39, 0.29) is 11.9 Å². The van der Waals surface area contributed by atoms with E-state index in [9.17, 15) is 4.79 Å². The zero-order chi connectivity index (χ0) is 14.4. The molecule has 0 radical (unpaired) electrons. The summed E-state index contributed by atoms with van der Waals surface area (Å²) in [5, 5.41) is 2.96. The first-order valence-electron chi connectivity index (χ1n) is 6.70. The molecule has 5 heteroatoms. The molecular formula is C15H19N3O2. The molecule has 106 valence electrons. The van der Waals surface area contributed by atoms with Crippen LogP contribution in [0.5, 0.6) is 5.75 Å². The molecule has 0 saturated carbocycles. The second-order valence-corrected chi connectivity index (χ2v) is 4.60. The van der Waals surface area contributed by atoms with Crippen LogP contribution in [0.4, 0.5) is 0 Å². The molecule has 0 unspecified atom stereocenters. The maximum atomic E-state index is 12.1. The Bertz CT molecular complexity index is 552. The molecule has 5 nitrogen and oxygen atoms in total. The Balaban J connectivity index is 1.95. The number of ether oxygens (including phenoxy) is 1. The van der Waals surface area contributed by atoms with Crippen LogP contribution in [0.1, 0.15) is 29.9 Å². The summed E-state index contributed by atoms with van der Waals surface area (Å²) in [6.45, 7) is 4.46. The summed E-state index contributed by atoms with van der Waals surface area (Å²) in [5.74, 6) is 0.606. The number of H-pyrrole nitrogens is 1. The minimum atomic E-state index is -0.102. The first kappa shape index (κ1) is 14.1. The fraction of sp³-hybridized carbons (Fsp3) is 0.333. The highest BCUT2D eigenvalue weighted by Gasteiger charge is 2.11. The van der Waals surface area contributed by atoms with Gasteiger partial charge < -0.3 is 15.0 Å². The lowest BCUT2D eigenvalue weighted by atomic mass is 10.1. The van der Waals surface area contributed by atoms with Crippen LogP contribution in [0, 0.1) is 0 Å². The molecule has 0 spiro atoms. The van der Waals surface area contributed by atoms with E-state index in [1.54, 1.807) is 18.5 Å². The largest absolute Gasteiger partial charge is 0.494 e. The fourth-order valence-electron chi connectivity index (χ4n) is 1.97. The van der Waals surface area contributed by atoms with Crippen LogP contribution in [0.25, 0.3) is 0 Å². The number of aromatic amines is 1. The van der Waals surface area contributed by atoms with E-state index >= 15 is 0 Å². The van der Waals surface area contributed by atoms with Crippen LogP contribution >= 0.6 is 0 Å². The van der Waals surface area contributed by atoms with Crippen molar-refractivity contribution in [2.45, 2.75) is 26.3 Å². The lowest BCUT2D eigenvalue weighted by Crippen LogP contribution is -2.34. The van der Waals surface area contributed by atoms with Gasteiger partial charge >= 0.3 is 0 Å². The molecule has 20 heavy (non-hydrogen) atoms. The molecule has 2 N–H and O–H groups in total. The van der Waals surface area contributed by atoms with Gasteiger partial charge in [0.05, 0.1) is 18.6 Å². The maximum Gasteiger partial charge on any atom is 0.251 e. The number of aromatic nitrogens is 2. The van der Waals surface area contributed by atoms with Gasteiger partial charge in [0.15, 0.2) is 0 Å². The predicted molar refractivity (Wildman–Crippen MR) is 76.8 cm³/mol. The number of rotatable bonds is 6. The number of nitrogens with one attached hydrogen (secondary N) is 2. The van der Waals surface area contributed by atoms with Crippen molar-refractivity contribution in [2.24, 2.45) is 0 Å². The van der Waals surface area contributed by atoms with E-state index in [1.807, 2.05) is 32.2 Å². The number of imidazole rings is 1. The standard InChI is InChI=1S/C15H19N3O2/c1-3-20-14-6-4-5-12(8-14)15(19)18-11(2)7-13-9-16-10-17-13/h4-6,8-11H,3,7H2,1-2H3,(H,16,17)(H,18,19)/t11-/m0/s1. The number of carbonyl (C=O) groups is 1. The topological polar surface area (TPSA) is 67.0 Å². The van der Waals surface area contributed by atoms with Crippen molar-refractivity contribution in [1.82, 2.24) is 15.3 Å². The normalized spacial score (nSPS) is 11.9. The van der Waals surface area contributed by atoms with Gasteiger partial charge in [-0.15, -0.1) is 0 Å². The molecule has 0 fully saturated rings. The Kier molecular flexibility index (Phi) is 4.76. The van der Waals surface area contributed by atoms with E-state index in [4.69, 9.17) is 4.74 Å². The molecule has 1 aromatic carbocycles. The number of benzene rings is 1. The molecule has 2 rings (SSSR count). The quantitative estimate of drug-likeness (QED) is 0.847. The molecule has 0 bridgehead atoms. The van der Waals surface area contributed by atoms with Gasteiger partial charge in [0.25, 0.3) is 5.91 Å². The molecule has 0 aliphatic heterocycles. The Morgan fingerprint density at radius 1 is 1.50 bits per heavy atom. The zero-order valence-corrected chi connectivity index (χ0v) is 11.7. The lowest BCUT2D eigenvalue weighted by molar-refractivity contribution is 0.0939. The molecular weight excluding hydrogens is 254 g/mol. The third kappa shape index (κ3) is 3.85. The molecule has 1 amide bonds. The molecule has 1 heterocycles. The second kappa shape index (κ2) is 6.75. The number of hydrogen-bond donors (Lipinski definition) is 2. The van der Waals surface area contributed by atoms with Crippen molar-refractivity contribution in [1.29, 1.82) is 0 Å². The smallest absolute Gasteiger partial charge is 0.251 e. The summed E-state index contributed by atoms with van der Waals surface area (Å²) in [4.78, 5) is 19.2. The number of hydrogen-bond acceptors (Lipinski definition) is 3. The first-order valence-corrected chi connectivity index (χ1v) is 6.70. The Morgan fingerprint density at radius 2 is 2.35 bits per heavy atom. The predicted octanol–water partition coefficient (Wildman–Crippen LogP) is 2.17. The third-order valence-electron chi connectivity index (χ3n) is 2.85. The summed E-state index contributed by atoms with van der Waals surface area (Å²) < 4.78 is 5.39. The summed E-state index contributed by atoms with van der Waals surface area (Å²) >= 11 is 0. The van der Waals surface area contributed by atoms with Crippen LogP contribution in [0.3, 0.4) is 0 Å². The molecule has 0 saturated heterocycles. The lowest BCUT2D eigenvalue weighted by Gasteiger charge is -2.13. The van der Waals surface area contributed by atoms with Crippen molar-refractivity contribution in [3.63, 3.8) is 0 Å². The van der Waals surface area contributed by atoms with Gasteiger partial charge in [0.1, 0.15) is 5.75 Å². The highest BCUT2D eigenvalue weighted by Crippen LogP contribution is 2.13. The molecule has 2 aromatic rings. The van der Waals surface area contributed by atoms with Gasteiger partial charge in [-0.1, -0.05) is 6.07 Å². The van der Waals surface area contributed by atoms with Gasteiger partial charge in [0.2, 0.25) is 0 Å². The van der Waals surface area contributed by atoms with Crippen molar-refractivity contribution >= 4 is 5.91 Å². The van der Waals surface area contributed by atoms with Gasteiger partial charge in [0, 0.05) is 24.2 Å². The van der Waals surface area contributed by atoms with E-state index in [2.05, 4.69) is 15.3 Å².